The lowest BCUT2D eigenvalue weighted by atomic mass is 9.87. The molecule has 106 valence electrons. The van der Waals surface area contributed by atoms with E-state index in [1.165, 1.54) is 11.6 Å². The third kappa shape index (κ3) is 3.60. The fourth-order valence-electron chi connectivity index (χ4n) is 2.12. The van der Waals surface area contributed by atoms with Crippen molar-refractivity contribution in [3.05, 3.63) is 65.0 Å². The highest BCUT2D eigenvalue weighted by Gasteiger charge is 2.12. The molecule has 0 fully saturated rings. The first kappa shape index (κ1) is 14.6. The van der Waals surface area contributed by atoms with E-state index in [-0.39, 0.29) is 11.2 Å². The molecule has 0 bridgehead atoms. The zero-order valence-electron chi connectivity index (χ0n) is 12.6. The topological polar surface area (TPSA) is 12.0 Å². The van der Waals surface area contributed by atoms with Crippen molar-refractivity contribution in [2.24, 2.45) is 0 Å². The van der Waals surface area contributed by atoms with Gasteiger partial charge in [0.2, 0.25) is 0 Å². The first-order valence-electron chi connectivity index (χ1n) is 6.96. The monoisotopic (exact) mass is 271 g/mol. The minimum Gasteiger partial charge on any atom is -0.381 e. The minimum absolute atomic E-state index is 0.164. The van der Waals surface area contributed by atoms with Crippen LogP contribution in [0.3, 0.4) is 0 Å². The van der Waals surface area contributed by atoms with Crippen LogP contribution in [0, 0.1) is 12.7 Å². The average Bonchev–Trinajstić information content (AvgIpc) is 2.39. The standard InChI is InChI=1S/C18H22FN/c1-13-5-8-16(19)11-14(13)12-20-17-9-6-15(7-10-17)18(2,3)4/h5-11,20H,12H2,1-4H3. The number of hydrogen-bond acceptors (Lipinski definition) is 1. The molecular formula is C18H22FN. The van der Waals surface area contributed by atoms with E-state index >= 15 is 0 Å². The summed E-state index contributed by atoms with van der Waals surface area (Å²) in [6.45, 7) is 9.24. The van der Waals surface area contributed by atoms with Gasteiger partial charge in [-0.2, -0.15) is 0 Å². The molecule has 2 heteroatoms. The van der Waals surface area contributed by atoms with Crippen LogP contribution in [0.4, 0.5) is 10.1 Å². The van der Waals surface area contributed by atoms with Crippen LogP contribution in [-0.2, 0) is 12.0 Å². The summed E-state index contributed by atoms with van der Waals surface area (Å²) in [5.74, 6) is -0.185. The van der Waals surface area contributed by atoms with Gasteiger partial charge in [0.15, 0.2) is 0 Å². The Balaban J connectivity index is 2.06. The lowest BCUT2D eigenvalue weighted by Crippen LogP contribution is -2.10. The molecule has 2 aromatic carbocycles. The van der Waals surface area contributed by atoms with Crippen molar-refractivity contribution in [1.82, 2.24) is 0 Å². The zero-order valence-corrected chi connectivity index (χ0v) is 12.6. The molecule has 0 heterocycles. The van der Waals surface area contributed by atoms with Crippen molar-refractivity contribution < 1.29 is 4.39 Å². The van der Waals surface area contributed by atoms with Crippen molar-refractivity contribution >= 4 is 5.69 Å². The van der Waals surface area contributed by atoms with Crippen molar-refractivity contribution in [1.29, 1.82) is 0 Å². The van der Waals surface area contributed by atoms with E-state index in [1.54, 1.807) is 6.07 Å². The van der Waals surface area contributed by atoms with E-state index in [0.29, 0.717) is 6.54 Å². The second-order valence-corrected chi connectivity index (χ2v) is 6.25. The summed E-state index contributed by atoms with van der Waals surface area (Å²) in [5.41, 5.74) is 4.62. The highest BCUT2D eigenvalue weighted by Crippen LogP contribution is 2.23. The number of halogens is 1. The van der Waals surface area contributed by atoms with Crippen LogP contribution in [0.1, 0.15) is 37.5 Å². The highest BCUT2D eigenvalue weighted by atomic mass is 19.1. The smallest absolute Gasteiger partial charge is 0.123 e. The number of nitrogens with one attached hydrogen (secondary N) is 1. The molecule has 2 rings (SSSR count). The molecule has 0 saturated carbocycles. The number of aryl methyl sites for hydroxylation is 1. The molecule has 1 N–H and O–H groups in total. The van der Waals surface area contributed by atoms with Crippen LogP contribution in [0.25, 0.3) is 0 Å². The average molecular weight is 271 g/mol. The molecule has 0 radical (unpaired) electrons. The van der Waals surface area contributed by atoms with E-state index in [9.17, 15) is 4.39 Å². The van der Waals surface area contributed by atoms with Crippen LogP contribution in [0.2, 0.25) is 0 Å². The molecular weight excluding hydrogens is 249 g/mol. The molecule has 0 aromatic heterocycles. The van der Waals surface area contributed by atoms with Gasteiger partial charge in [0.1, 0.15) is 5.82 Å². The fourth-order valence-corrected chi connectivity index (χ4v) is 2.12. The third-order valence-corrected chi connectivity index (χ3v) is 3.55. The Morgan fingerprint density at radius 3 is 2.25 bits per heavy atom. The Labute approximate surface area is 120 Å². The summed E-state index contributed by atoms with van der Waals surface area (Å²) in [5, 5.41) is 3.34. The number of rotatable bonds is 3. The second-order valence-electron chi connectivity index (χ2n) is 6.25. The predicted molar refractivity (Wildman–Crippen MR) is 83.6 cm³/mol. The van der Waals surface area contributed by atoms with Gasteiger partial charge in [-0.25, -0.2) is 4.39 Å². The first-order valence-corrected chi connectivity index (χ1v) is 6.96. The SMILES string of the molecule is Cc1ccc(F)cc1CNc1ccc(C(C)(C)C)cc1. The van der Waals surface area contributed by atoms with E-state index in [0.717, 1.165) is 16.8 Å². The molecule has 0 unspecified atom stereocenters. The van der Waals surface area contributed by atoms with Gasteiger partial charge in [0.05, 0.1) is 0 Å². The maximum atomic E-state index is 13.2. The van der Waals surface area contributed by atoms with Gasteiger partial charge in [-0.1, -0.05) is 39.0 Å². The minimum atomic E-state index is -0.185. The second kappa shape index (κ2) is 5.66. The van der Waals surface area contributed by atoms with Crippen molar-refractivity contribution in [3.8, 4) is 0 Å². The molecule has 20 heavy (non-hydrogen) atoms. The van der Waals surface area contributed by atoms with Crippen molar-refractivity contribution in [3.63, 3.8) is 0 Å². The summed E-state index contributed by atoms with van der Waals surface area (Å²) in [7, 11) is 0. The van der Waals surface area contributed by atoms with Gasteiger partial charge in [0.25, 0.3) is 0 Å². The molecule has 0 aliphatic carbocycles. The van der Waals surface area contributed by atoms with Gasteiger partial charge in [-0.05, 0) is 53.3 Å². The quantitative estimate of drug-likeness (QED) is 0.824. The van der Waals surface area contributed by atoms with E-state index in [1.807, 2.05) is 13.0 Å². The molecule has 0 saturated heterocycles. The van der Waals surface area contributed by atoms with E-state index in [2.05, 4.69) is 50.4 Å². The molecule has 0 aliphatic heterocycles. The molecule has 0 aliphatic rings. The normalized spacial score (nSPS) is 11.4. The maximum absolute atomic E-state index is 13.2. The van der Waals surface area contributed by atoms with Crippen molar-refractivity contribution in [2.75, 3.05) is 5.32 Å². The lowest BCUT2D eigenvalue weighted by Gasteiger charge is -2.19. The number of hydrogen-bond donors (Lipinski definition) is 1. The molecule has 1 nitrogen and oxygen atoms in total. The first-order chi connectivity index (χ1) is 9.36. The largest absolute Gasteiger partial charge is 0.381 e. The van der Waals surface area contributed by atoms with Crippen LogP contribution in [0.5, 0.6) is 0 Å². The van der Waals surface area contributed by atoms with Crippen LogP contribution in [0.15, 0.2) is 42.5 Å². The van der Waals surface area contributed by atoms with Gasteiger partial charge < -0.3 is 5.32 Å². The number of benzene rings is 2. The van der Waals surface area contributed by atoms with Gasteiger partial charge in [0, 0.05) is 12.2 Å². The number of anilines is 1. The summed E-state index contributed by atoms with van der Waals surface area (Å²) in [6.07, 6.45) is 0. The Hall–Kier alpha value is -1.83. The van der Waals surface area contributed by atoms with E-state index in [4.69, 9.17) is 0 Å². The van der Waals surface area contributed by atoms with Crippen LogP contribution < -0.4 is 5.32 Å². The summed E-state index contributed by atoms with van der Waals surface area (Å²) < 4.78 is 13.2. The van der Waals surface area contributed by atoms with Gasteiger partial charge >= 0.3 is 0 Å². The Morgan fingerprint density at radius 1 is 1.00 bits per heavy atom. The Bertz CT molecular complexity index is 579. The molecule has 0 atom stereocenters. The summed E-state index contributed by atoms with van der Waals surface area (Å²) in [4.78, 5) is 0. The summed E-state index contributed by atoms with van der Waals surface area (Å²) in [6, 6.07) is 13.3. The third-order valence-electron chi connectivity index (χ3n) is 3.55. The molecule has 0 spiro atoms. The van der Waals surface area contributed by atoms with E-state index < -0.39 is 0 Å². The fraction of sp³-hybridized carbons (Fsp3) is 0.333. The molecule has 2 aromatic rings. The molecule has 0 amide bonds. The highest BCUT2D eigenvalue weighted by molar-refractivity contribution is 5.46. The van der Waals surface area contributed by atoms with Crippen LogP contribution in [-0.4, -0.2) is 0 Å². The van der Waals surface area contributed by atoms with Crippen molar-refractivity contribution in [2.45, 2.75) is 39.7 Å². The Kier molecular flexibility index (Phi) is 4.12. The zero-order chi connectivity index (χ0) is 14.8. The van der Waals surface area contributed by atoms with Gasteiger partial charge in [-0.15, -0.1) is 0 Å². The van der Waals surface area contributed by atoms with Gasteiger partial charge in [-0.3, -0.25) is 0 Å². The Morgan fingerprint density at radius 2 is 1.65 bits per heavy atom. The summed E-state index contributed by atoms with van der Waals surface area (Å²) >= 11 is 0. The lowest BCUT2D eigenvalue weighted by molar-refractivity contribution is 0.590. The maximum Gasteiger partial charge on any atom is 0.123 e. The predicted octanol–water partition coefficient (Wildman–Crippen LogP) is 5.04. The van der Waals surface area contributed by atoms with Crippen LogP contribution >= 0.6 is 0 Å².